The summed E-state index contributed by atoms with van der Waals surface area (Å²) in [7, 11) is 0. The number of nitrogens with one attached hydrogen (secondary N) is 2. The fourth-order valence-electron chi connectivity index (χ4n) is 2.92. The Morgan fingerprint density at radius 1 is 0.931 bits per heavy atom. The molecule has 0 atom stereocenters. The fraction of sp³-hybridized carbons (Fsp3) is 0.136. The highest BCUT2D eigenvalue weighted by atomic mass is 16.7. The molecule has 0 unspecified atom stereocenters. The van der Waals surface area contributed by atoms with Crippen LogP contribution in [0.2, 0.25) is 0 Å². The summed E-state index contributed by atoms with van der Waals surface area (Å²) < 4.78 is 10.6. The number of rotatable bonds is 6. The van der Waals surface area contributed by atoms with E-state index in [1.165, 1.54) is 13.1 Å². The molecule has 1 aromatic heterocycles. The van der Waals surface area contributed by atoms with Gasteiger partial charge in [-0.2, -0.15) is 0 Å². The zero-order chi connectivity index (χ0) is 20.2. The Morgan fingerprint density at radius 3 is 2.52 bits per heavy atom. The molecule has 0 radical (unpaired) electrons. The molecule has 2 aromatic carbocycles. The van der Waals surface area contributed by atoms with Crippen molar-refractivity contribution < 1.29 is 19.1 Å². The van der Waals surface area contributed by atoms with Gasteiger partial charge in [-0.1, -0.05) is 6.07 Å². The first-order valence-electron chi connectivity index (χ1n) is 9.08. The van der Waals surface area contributed by atoms with Gasteiger partial charge in [0.15, 0.2) is 17.3 Å². The molecule has 0 fully saturated rings. The van der Waals surface area contributed by atoms with Crippen LogP contribution in [0.1, 0.15) is 33.2 Å². The zero-order valence-electron chi connectivity index (χ0n) is 15.8. The van der Waals surface area contributed by atoms with Crippen molar-refractivity contribution in [2.45, 2.75) is 13.5 Å². The van der Waals surface area contributed by atoms with Gasteiger partial charge in [0.05, 0.1) is 17.4 Å². The molecule has 0 spiro atoms. The van der Waals surface area contributed by atoms with E-state index >= 15 is 0 Å². The topological polar surface area (TPSA) is 89.6 Å². The second-order valence-corrected chi connectivity index (χ2v) is 6.59. The van der Waals surface area contributed by atoms with E-state index in [2.05, 4.69) is 15.6 Å². The Labute approximate surface area is 167 Å². The number of nitrogens with zero attached hydrogens (tertiary/aromatic N) is 1. The molecule has 29 heavy (non-hydrogen) atoms. The lowest BCUT2D eigenvalue weighted by molar-refractivity contribution is 0.0949. The van der Waals surface area contributed by atoms with E-state index in [1.54, 1.807) is 24.4 Å². The van der Waals surface area contributed by atoms with E-state index in [0.717, 1.165) is 11.3 Å². The number of carbonyl (C=O) groups excluding carboxylic acids is 2. The number of anilines is 2. The number of aromatic nitrogens is 1. The molecule has 7 nitrogen and oxygen atoms in total. The van der Waals surface area contributed by atoms with Crippen LogP contribution >= 0.6 is 0 Å². The third-order valence-electron chi connectivity index (χ3n) is 4.47. The van der Waals surface area contributed by atoms with Gasteiger partial charge < -0.3 is 20.1 Å². The Bertz CT molecular complexity index is 1060. The molecule has 146 valence electrons. The maximum atomic E-state index is 12.5. The number of hydrogen-bond acceptors (Lipinski definition) is 6. The normalized spacial score (nSPS) is 11.8. The summed E-state index contributed by atoms with van der Waals surface area (Å²) >= 11 is 0. The van der Waals surface area contributed by atoms with Crippen molar-refractivity contribution in [2.75, 3.05) is 12.1 Å². The summed E-state index contributed by atoms with van der Waals surface area (Å²) in [4.78, 5) is 28.0. The van der Waals surface area contributed by atoms with Crippen LogP contribution in [0.4, 0.5) is 11.4 Å². The monoisotopic (exact) mass is 389 g/mol. The van der Waals surface area contributed by atoms with Crippen LogP contribution in [0, 0.1) is 0 Å². The Morgan fingerprint density at radius 2 is 1.72 bits per heavy atom. The fourth-order valence-corrected chi connectivity index (χ4v) is 2.92. The number of hydrogen-bond donors (Lipinski definition) is 2. The summed E-state index contributed by atoms with van der Waals surface area (Å²) in [6.45, 7) is 2.10. The molecule has 0 saturated heterocycles. The molecule has 4 rings (SSSR count). The molecule has 3 aromatic rings. The third-order valence-corrected chi connectivity index (χ3v) is 4.47. The number of amides is 1. The lowest BCUT2D eigenvalue weighted by Crippen LogP contribution is -2.23. The molecule has 0 aliphatic carbocycles. The summed E-state index contributed by atoms with van der Waals surface area (Å²) in [5.74, 6) is 1.17. The average Bonchev–Trinajstić information content (AvgIpc) is 3.20. The van der Waals surface area contributed by atoms with E-state index in [1.807, 2.05) is 30.3 Å². The number of ether oxygens (including phenoxy) is 2. The molecule has 2 N–H and O–H groups in total. The van der Waals surface area contributed by atoms with Crippen LogP contribution in [0.25, 0.3) is 0 Å². The smallest absolute Gasteiger partial charge is 0.253 e. The SMILES string of the molecule is CC(=O)c1ccc(Nc2cncc(C(=O)NCc3ccc4c(c3)OCO4)c2)cc1. The second kappa shape index (κ2) is 8.02. The summed E-state index contributed by atoms with van der Waals surface area (Å²) in [5.41, 5.74) is 3.47. The van der Waals surface area contributed by atoms with Crippen molar-refractivity contribution in [1.82, 2.24) is 10.3 Å². The standard InChI is InChI=1S/C22H19N3O4/c1-14(26)16-3-5-18(6-4-16)25-19-9-17(11-23-12-19)22(27)24-10-15-2-7-20-21(8-15)29-13-28-20/h2-9,11-12,25H,10,13H2,1H3,(H,24,27). The maximum Gasteiger partial charge on any atom is 0.253 e. The number of Topliss-reactive ketones (excluding diaryl/α,β-unsaturated/α-hetero) is 1. The van der Waals surface area contributed by atoms with E-state index in [0.29, 0.717) is 34.9 Å². The largest absolute Gasteiger partial charge is 0.454 e. The van der Waals surface area contributed by atoms with E-state index in [4.69, 9.17) is 9.47 Å². The predicted octanol–water partition coefficient (Wildman–Crippen LogP) is 3.69. The molecule has 1 amide bonds. The Kier molecular flexibility index (Phi) is 5.11. The van der Waals surface area contributed by atoms with Crippen LogP contribution < -0.4 is 20.1 Å². The molecular formula is C22H19N3O4. The lowest BCUT2D eigenvalue weighted by Gasteiger charge is -2.09. The van der Waals surface area contributed by atoms with Gasteiger partial charge in [0.2, 0.25) is 6.79 Å². The first-order valence-corrected chi connectivity index (χ1v) is 9.08. The molecule has 7 heteroatoms. The molecule has 1 aliphatic rings. The Balaban J connectivity index is 1.39. The van der Waals surface area contributed by atoms with Gasteiger partial charge in [-0.05, 0) is 55.0 Å². The van der Waals surface area contributed by atoms with Crippen LogP contribution in [0.15, 0.2) is 60.9 Å². The summed E-state index contributed by atoms with van der Waals surface area (Å²) in [5, 5.41) is 6.06. The minimum Gasteiger partial charge on any atom is -0.454 e. The van der Waals surface area contributed by atoms with Gasteiger partial charge in [0.1, 0.15) is 0 Å². The first-order chi connectivity index (χ1) is 14.1. The number of pyridine rings is 1. The van der Waals surface area contributed by atoms with Gasteiger partial charge in [-0.3, -0.25) is 14.6 Å². The van der Waals surface area contributed by atoms with Crippen molar-refractivity contribution in [2.24, 2.45) is 0 Å². The zero-order valence-corrected chi connectivity index (χ0v) is 15.8. The minimum absolute atomic E-state index is 0.0133. The molecule has 0 saturated carbocycles. The van der Waals surface area contributed by atoms with Crippen molar-refractivity contribution >= 4 is 23.1 Å². The van der Waals surface area contributed by atoms with Crippen LogP contribution in [0.3, 0.4) is 0 Å². The quantitative estimate of drug-likeness (QED) is 0.625. The molecule has 0 bridgehead atoms. The van der Waals surface area contributed by atoms with Crippen molar-refractivity contribution in [3.63, 3.8) is 0 Å². The van der Waals surface area contributed by atoms with Gasteiger partial charge in [0.25, 0.3) is 5.91 Å². The molecule has 2 heterocycles. The average molecular weight is 389 g/mol. The highest BCUT2D eigenvalue weighted by Gasteiger charge is 2.14. The minimum atomic E-state index is -0.231. The van der Waals surface area contributed by atoms with E-state index in [9.17, 15) is 9.59 Å². The van der Waals surface area contributed by atoms with Gasteiger partial charge >= 0.3 is 0 Å². The van der Waals surface area contributed by atoms with Crippen molar-refractivity contribution in [3.8, 4) is 11.5 Å². The highest BCUT2D eigenvalue weighted by molar-refractivity contribution is 5.95. The van der Waals surface area contributed by atoms with Crippen molar-refractivity contribution in [3.05, 3.63) is 77.6 Å². The van der Waals surface area contributed by atoms with Gasteiger partial charge in [0, 0.05) is 24.0 Å². The molecule has 1 aliphatic heterocycles. The highest BCUT2D eigenvalue weighted by Crippen LogP contribution is 2.32. The van der Waals surface area contributed by atoms with Crippen molar-refractivity contribution in [1.29, 1.82) is 0 Å². The second-order valence-electron chi connectivity index (χ2n) is 6.59. The van der Waals surface area contributed by atoms with E-state index < -0.39 is 0 Å². The maximum absolute atomic E-state index is 12.5. The van der Waals surface area contributed by atoms with Gasteiger partial charge in [-0.15, -0.1) is 0 Å². The Hall–Kier alpha value is -3.87. The third kappa shape index (κ3) is 4.35. The van der Waals surface area contributed by atoms with Crippen LogP contribution in [-0.4, -0.2) is 23.5 Å². The van der Waals surface area contributed by atoms with Crippen LogP contribution in [-0.2, 0) is 6.54 Å². The van der Waals surface area contributed by atoms with Gasteiger partial charge in [-0.25, -0.2) is 0 Å². The molecular weight excluding hydrogens is 370 g/mol. The van der Waals surface area contributed by atoms with Crippen LogP contribution in [0.5, 0.6) is 11.5 Å². The first kappa shape index (κ1) is 18.5. The number of ketones is 1. The predicted molar refractivity (Wildman–Crippen MR) is 108 cm³/mol. The summed E-state index contributed by atoms with van der Waals surface area (Å²) in [6, 6.07) is 14.4. The number of fused-ring (bicyclic) bond motifs is 1. The number of carbonyl (C=O) groups is 2. The summed E-state index contributed by atoms with van der Waals surface area (Å²) in [6.07, 6.45) is 3.15. The lowest BCUT2D eigenvalue weighted by atomic mass is 10.1. The number of benzene rings is 2. The van der Waals surface area contributed by atoms with E-state index in [-0.39, 0.29) is 18.5 Å².